The number of nitrogens with one attached hydrogen (secondary N) is 4. The number of hydrogen-bond donors (Lipinski definition) is 6. The van der Waals surface area contributed by atoms with Crippen molar-refractivity contribution < 1.29 is 9.59 Å². The molecule has 0 unspecified atom stereocenters. The normalized spacial score (nSPS) is 12.8. The number of carbonyl (C=O) groups is 2. The van der Waals surface area contributed by atoms with Crippen molar-refractivity contribution in [2.24, 2.45) is 11.7 Å². The molecule has 0 atom stereocenters. The molecule has 8 N–H and O–H groups in total. The second kappa shape index (κ2) is 14.6. The summed E-state index contributed by atoms with van der Waals surface area (Å²) in [7, 11) is 0. The number of rotatable bonds is 10. The summed E-state index contributed by atoms with van der Waals surface area (Å²) in [5, 5.41) is 15.8. The van der Waals surface area contributed by atoms with Gasteiger partial charge in [0.1, 0.15) is 12.4 Å². The number of benzene rings is 2. The van der Waals surface area contributed by atoms with Gasteiger partial charge in [0.05, 0.1) is 11.9 Å². The SMILES string of the molecule is CC(C)Nc1ncc(-c2cc(N)cc(NC=O)c2)n(CC(=O)NCc2ccc(C(=N)N)cc2)c1=O.CC1CCCC1. The first kappa shape index (κ1) is 30.9. The molecule has 2 aromatic carbocycles. The van der Waals surface area contributed by atoms with E-state index in [4.69, 9.17) is 16.9 Å². The largest absolute Gasteiger partial charge is 0.399 e. The molecule has 11 heteroatoms. The lowest BCUT2D eigenvalue weighted by molar-refractivity contribution is -0.121. The highest BCUT2D eigenvalue weighted by molar-refractivity contribution is 5.94. The van der Waals surface area contributed by atoms with Crippen LogP contribution in [0.4, 0.5) is 17.2 Å². The van der Waals surface area contributed by atoms with Gasteiger partial charge in [-0.1, -0.05) is 56.9 Å². The summed E-state index contributed by atoms with van der Waals surface area (Å²) in [6, 6.07) is 11.7. The minimum atomic E-state index is -0.468. The third-order valence-corrected chi connectivity index (χ3v) is 6.66. The second-order valence-corrected chi connectivity index (χ2v) is 10.6. The molecule has 0 radical (unpaired) electrons. The highest BCUT2D eigenvalue weighted by atomic mass is 16.2. The molecular weight excluding hydrogens is 520 g/mol. The maximum absolute atomic E-state index is 13.2. The second-order valence-electron chi connectivity index (χ2n) is 10.6. The number of nitrogens with zero attached hydrogens (tertiary/aromatic N) is 2. The van der Waals surface area contributed by atoms with E-state index >= 15 is 0 Å². The number of amides is 2. The molecule has 41 heavy (non-hydrogen) atoms. The van der Waals surface area contributed by atoms with Crippen LogP contribution in [0.2, 0.25) is 0 Å². The Balaban J connectivity index is 0.000000681. The lowest BCUT2D eigenvalue weighted by Crippen LogP contribution is -2.35. The molecule has 3 aromatic rings. The van der Waals surface area contributed by atoms with Crippen molar-refractivity contribution in [1.29, 1.82) is 5.41 Å². The van der Waals surface area contributed by atoms with Crippen LogP contribution in [0.15, 0.2) is 53.5 Å². The maximum atomic E-state index is 13.2. The average molecular weight is 561 g/mol. The maximum Gasteiger partial charge on any atom is 0.294 e. The molecule has 11 nitrogen and oxygen atoms in total. The van der Waals surface area contributed by atoms with Crippen LogP contribution in [-0.4, -0.2) is 33.7 Å². The van der Waals surface area contributed by atoms with Gasteiger partial charge in [0.2, 0.25) is 12.3 Å². The van der Waals surface area contributed by atoms with E-state index in [2.05, 4.69) is 27.9 Å². The van der Waals surface area contributed by atoms with E-state index < -0.39 is 5.56 Å². The first-order valence-corrected chi connectivity index (χ1v) is 13.7. The predicted octanol–water partition coefficient (Wildman–Crippen LogP) is 3.68. The van der Waals surface area contributed by atoms with Gasteiger partial charge >= 0.3 is 0 Å². The Kier molecular flexibility index (Phi) is 11.0. The van der Waals surface area contributed by atoms with Crippen molar-refractivity contribution in [2.75, 3.05) is 16.4 Å². The fraction of sp³-hybridized carbons (Fsp3) is 0.367. The zero-order chi connectivity index (χ0) is 29.9. The number of carbonyl (C=O) groups excluding carboxylic acids is 2. The van der Waals surface area contributed by atoms with Gasteiger partial charge in [0.25, 0.3) is 5.56 Å². The fourth-order valence-corrected chi connectivity index (χ4v) is 4.53. The van der Waals surface area contributed by atoms with Gasteiger partial charge in [0.15, 0.2) is 5.82 Å². The Bertz CT molecular complexity index is 1410. The van der Waals surface area contributed by atoms with Gasteiger partial charge in [-0.3, -0.25) is 24.4 Å². The van der Waals surface area contributed by atoms with Crippen LogP contribution >= 0.6 is 0 Å². The van der Waals surface area contributed by atoms with Crippen molar-refractivity contribution in [1.82, 2.24) is 14.9 Å². The van der Waals surface area contributed by atoms with Gasteiger partial charge in [-0.25, -0.2) is 4.98 Å². The number of aromatic nitrogens is 2. The quantitative estimate of drug-likeness (QED) is 0.0946. The Labute approximate surface area is 240 Å². The van der Waals surface area contributed by atoms with Crippen LogP contribution in [0.25, 0.3) is 11.3 Å². The van der Waals surface area contributed by atoms with E-state index in [0.717, 1.165) is 11.5 Å². The first-order valence-electron chi connectivity index (χ1n) is 13.7. The zero-order valence-electron chi connectivity index (χ0n) is 23.9. The van der Waals surface area contributed by atoms with E-state index in [1.165, 1.54) is 36.4 Å². The molecule has 218 valence electrons. The van der Waals surface area contributed by atoms with E-state index in [-0.39, 0.29) is 36.7 Å². The molecule has 1 heterocycles. The van der Waals surface area contributed by atoms with Crippen LogP contribution in [0.3, 0.4) is 0 Å². The number of nitrogens with two attached hydrogens (primary N) is 2. The predicted molar refractivity (Wildman–Crippen MR) is 164 cm³/mol. The van der Waals surface area contributed by atoms with E-state index in [1.54, 1.807) is 42.5 Å². The van der Waals surface area contributed by atoms with Crippen LogP contribution in [0.5, 0.6) is 0 Å². The summed E-state index contributed by atoms with van der Waals surface area (Å²) in [6.45, 7) is 6.06. The Morgan fingerprint density at radius 1 is 1.17 bits per heavy atom. The van der Waals surface area contributed by atoms with Crippen LogP contribution in [0, 0.1) is 11.3 Å². The molecule has 1 saturated carbocycles. The topological polar surface area (TPSA) is 181 Å². The molecular formula is C30H40N8O3. The molecule has 4 rings (SSSR count). The molecule has 0 saturated heterocycles. The molecule has 0 spiro atoms. The molecule has 1 aromatic heterocycles. The van der Waals surface area contributed by atoms with Crippen LogP contribution < -0.4 is 33.0 Å². The van der Waals surface area contributed by atoms with Crippen molar-refractivity contribution in [3.8, 4) is 11.3 Å². The fourth-order valence-electron chi connectivity index (χ4n) is 4.53. The summed E-state index contributed by atoms with van der Waals surface area (Å²) in [5.74, 6) is 0.737. The molecule has 2 amide bonds. The van der Waals surface area contributed by atoms with Crippen molar-refractivity contribution in [3.05, 3.63) is 70.1 Å². The third kappa shape index (κ3) is 9.20. The minimum absolute atomic E-state index is 0.0379. The van der Waals surface area contributed by atoms with Crippen molar-refractivity contribution >= 4 is 35.3 Å². The van der Waals surface area contributed by atoms with Gasteiger partial charge in [0, 0.05) is 35.1 Å². The van der Waals surface area contributed by atoms with Gasteiger partial charge in [-0.05, 0) is 43.5 Å². The average Bonchev–Trinajstić information content (AvgIpc) is 3.41. The monoisotopic (exact) mass is 560 g/mol. The van der Waals surface area contributed by atoms with Crippen LogP contribution in [0.1, 0.15) is 57.6 Å². The van der Waals surface area contributed by atoms with Crippen molar-refractivity contribution in [3.63, 3.8) is 0 Å². The highest BCUT2D eigenvalue weighted by Crippen LogP contribution is 2.26. The number of amidine groups is 1. The standard InChI is InChI=1S/C24H28N8O3.C6H12/c1-14(2)31-23-24(35)32(12-21(34)28-10-15-3-5-16(6-4-15)22(26)27)20(11-29-23)17-7-18(25)9-19(8-17)30-13-33;1-6-4-2-3-5-6/h3-9,11,13-14H,10,12,25H2,1-2H3,(H3,26,27)(H,28,34)(H,29,31)(H,30,33);6H,2-5H2,1H3. The van der Waals surface area contributed by atoms with Gasteiger partial charge in [-0.15, -0.1) is 0 Å². The van der Waals surface area contributed by atoms with E-state index in [1.807, 2.05) is 13.8 Å². The smallest absolute Gasteiger partial charge is 0.294 e. The molecule has 0 aliphatic heterocycles. The summed E-state index contributed by atoms with van der Waals surface area (Å²) in [6.07, 6.45) is 7.96. The van der Waals surface area contributed by atoms with Gasteiger partial charge < -0.3 is 27.4 Å². The zero-order valence-corrected chi connectivity index (χ0v) is 23.9. The molecule has 1 aliphatic carbocycles. The van der Waals surface area contributed by atoms with Crippen LogP contribution in [-0.2, 0) is 22.7 Å². The van der Waals surface area contributed by atoms with Gasteiger partial charge in [-0.2, -0.15) is 0 Å². The number of anilines is 3. The number of nitrogen functional groups attached to an aromatic ring is 2. The van der Waals surface area contributed by atoms with E-state index in [0.29, 0.717) is 34.6 Å². The van der Waals surface area contributed by atoms with E-state index in [9.17, 15) is 14.4 Å². The lowest BCUT2D eigenvalue weighted by atomic mass is 10.1. The third-order valence-electron chi connectivity index (χ3n) is 6.66. The van der Waals surface area contributed by atoms with Crippen molar-refractivity contribution in [2.45, 2.75) is 65.6 Å². The highest BCUT2D eigenvalue weighted by Gasteiger charge is 2.16. The summed E-state index contributed by atoms with van der Waals surface area (Å²) < 4.78 is 1.31. The summed E-state index contributed by atoms with van der Waals surface area (Å²) in [5.41, 5.74) is 14.1. The lowest BCUT2D eigenvalue weighted by Gasteiger charge is -2.17. The minimum Gasteiger partial charge on any atom is -0.399 e. The summed E-state index contributed by atoms with van der Waals surface area (Å²) in [4.78, 5) is 41.2. The number of hydrogen-bond acceptors (Lipinski definition) is 7. The summed E-state index contributed by atoms with van der Waals surface area (Å²) >= 11 is 0. The molecule has 0 bridgehead atoms. The molecule has 1 fully saturated rings. The molecule has 1 aliphatic rings. The first-order chi connectivity index (χ1) is 19.6. The Hall–Kier alpha value is -4.67. The Morgan fingerprint density at radius 2 is 1.85 bits per heavy atom. The Morgan fingerprint density at radius 3 is 2.41 bits per heavy atom.